The Kier molecular flexibility index (Phi) is 10.2. The molecule has 2 fully saturated rings. The van der Waals surface area contributed by atoms with Crippen molar-refractivity contribution in [2.45, 2.75) is 64.2 Å². The molecule has 1 aromatic carbocycles. The van der Waals surface area contributed by atoms with E-state index in [-0.39, 0.29) is 23.3 Å². The van der Waals surface area contributed by atoms with Gasteiger partial charge in [-0.05, 0) is 37.8 Å². The third kappa shape index (κ3) is 9.30. The molecular formula is C20H30O6. The summed E-state index contributed by atoms with van der Waals surface area (Å²) in [6.07, 6.45) is 10.5. The molecule has 0 atom stereocenters. The summed E-state index contributed by atoms with van der Waals surface area (Å²) in [5.41, 5.74) is 0. The first-order chi connectivity index (χ1) is 12.4. The quantitative estimate of drug-likeness (QED) is 0.616. The molecule has 2 aliphatic carbocycles. The Morgan fingerprint density at radius 2 is 1.04 bits per heavy atom. The van der Waals surface area contributed by atoms with Crippen LogP contribution in [-0.2, 0) is 9.59 Å². The van der Waals surface area contributed by atoms with Crippen LogP contribution >= 0.6 is 0 Å². The summed E-state index contributed by atoms with van der Waals surface area (Å²) in [5.74, 6) is -1.09. The highest BCUT2D eigenvalue weighted by Gasteiger charge is 2.20. The molecule has 3 rings (SSSR count). The van der Waals surface area contributed by atoms with Gasteiger partial charge in [0.05, 0.1) is 11.8 Å². The number of carboxylic acids is 2. The summed E-state index contributed by atoms with van der Waals surface area (Å²) in [6, 6.07) is 5.85. The smallest absolute Gasteiger partial charge is 0.306 e. The van der Waals surface area contributed by atoms with E-state index in [1.807, 2.05) is 0 Å². The average molecular weight is 366 g/mol. The summed E-state index contributed by atoms with van der Waals surface area (Å²) in [4.78, 5) is 20.7. The van der Waals surface area contributed by atoms with Crippen LogP contribution < -0.4 is 0 Å². The highest BCUT2D eigenvalue weighted by atomic mass is 16.4. The maximum absolute atomic E-state index is 10.4. The molecule has 0 saturated heterocycles. The third-order valence-electron chi connectivity index (χ3n) is 4.74. The normalized spacial score (nSPS) is 17.8. The Bertz CT molecular complexity index is 500. The van der Waals surface area contributed by atoms with Crippen molar-refractivity contribution in [2.24, 2.45) is 11.8 Å². The molecule has 6 heteroatoms. The Labute approximate surface area is 154 Å². The lowest BCUT2D eigenvalue weighted by Crippen LogP contribution is -2.16. The zero-order valence-corrected chi connectivity index (χ0v) is 15.1. The van der Waals surface area contributed by atoms with Crippen LogP contribution in [0.3, 0.4) is 0 Å². The van der Waals surface area contributed by atoms with Gasteiger partial charge in [0.2, 0.25) is 0 Å². The fourth-order valence-electron chi connectivity index (χ4n) is 3.19. The molecule has 0 radical (unpaired) electrons. The fraction of sp³-hybridized carbons (Fsp3) is 0.600. The van der Waals surface area contributed by atoms with Gasteiger partial charge in [-0.2, -0.15) is 0 Å². The second-order valence-electron chi connectivity index (χ2n) is 6.87. The van der Waals surface area contributed by atoms with Crippen LogP contribution in [-0.4, -0.2) is 32.4 Å². The predicted octanol–water partition coefficient (Wildman–Crippen LogP) is 4.40. The lowest BCUT2D eigenvalue weighted by molar-refractivity contribution is -0.143. The Hall–Kier alpha value is -2.24. The number of hydrogen-bond donors (Lipinski definition) is 4. The molecule has 0 aromatic heterocycles. The zero-order chi connectivity index (χ0) is 19.4. The predicted molar refractivity (Wildman–Crippen MR) is 98.2 cm³/mol. The molecule has 0 bridgehead atoms. The number of phenols is 2. The van der Waals surface area contributed by atoms with E-state index in [1.165, 1.54) is 31.0 Å². The molecule has 0 heterocycles. The van der Waals surface area contributed by atoms with Crippen LogP contribution in [0.25, 0.3) is 0 Å². The van der Waals surface area contributed by atoms with Gasteiger partial charge in [0.1, 0.15) is 11.5 Å². The summed E-state index contributed by atoms with van der Waals surface area (Å²) in [5, 5.41) is 34.4. The summed E-state index contributed by atoms with van der Waals surface area (Å²) >= 11 is 0. The molecule has 1 aromatic rings. The van der Waals surface area contributed by atoms with Crippen molar-refractivity contribution in [3.63, 3.8) is 0 Å². The van der Waals surface area contributed by atoms with Gasteiger partial charge >= 0.3 is 11.9 Å². The van der Waals surface area contributed by atoms with Gasteiger partial charge in [-0.25, -0.2) is 0 Å². The Balaban J connectivity index is 0.000000195. The average Bonchev–Trinajstić information content (AvgIpc) is 2.64. The second kappa shape index (κ2) is 12.2. The van der Waals surface area contributed by atoms with Crippen molar-refractivity contribution in [1.82, 2.24) is 0 Å². The summed E-state index contributed by atoms with van der Waals surface area (Å²) < 4.78 is 0. The van der Waals surface area contributed by atoms with Crippen LogP contribution in [0, 0.1) is 11.8 Å². The van der Waals surface area contributed by atoms with Crippen molar-refractivity contribution in [1.29, 1.82) is 0 Å². The molecule has 0 aliphatic heterocycles. The van der Waals surface area contributed by atoms with Crippen LogP contribution in [0.5, 0.6) is 11.5 Å². The summed E-state index contributed by atoms with van der Waals surface area (Å²) in [7, 11) is 0. The third-order valence-corrected chi connectivity index (χ3v) is 4.74. The van der Waals surface area contributed by atoms with E-state index < -0.39 is 11.9 Å². The van der Waals surface area contributed by atoms with Gasteiger partial charge in [0.25, 0.3) is 0 Å². The highest BCUT2D eigenvalue weighted by Crippen LogP contribution is 2.24. The van der Waals surface area contributed by atoms with Crippen molar-refractivity contribution in [3.05, 3.63) is 24.3 Å². The van der Waals surface area contributed by atoms with Gasteiger partial charge in [0, 0.05) is 6.07 Å². The van der Waals surface area contributed by atoms with Gasteiger partial charge in [-0.3, -0.25) is 9.59 Å². The summed E-state index contributed by atoms with van der Waals surface area (Å²) in [6.45, 7) is 0. The van der Waals surface area contributed by atoms with Crippen LogP contribution in [0.15, 0.2) is 24.3 Å². The molecule has 4 N–H and O–H groups in total. The number of benzene rings is 1. The zero-order valence-electron chi connectivity index (χ0n) is 15.1. The molecule has 0 amide bonds. The van der Waals surface area contributed by atoms with E-state index in [1.54, 1.807) is 6.07 Å². The standard InChI is InChI=1S/2C7H12O2.C6H6O2/c2*8-7(9)6-4-2-1-3-5-6;7-5-2-1-3-6(8)4-5/h2*6H,1-5H2,(H,8,9);1-4,7-8H. The number of aliphatic carboxylic acids is 2. The minimum atomic E-state index is -0.602. The number of phenolic OH excluding ortho intramolecular Hbond substituents is 2. The van der Waals surface area contributed by atoms with Crippen molar-refractivity contribution in [2.75, 3.05) is 0 Å². The second-order valence-corrected chi connectivity index (χ2v) is 6.87. The van der Waals surface area contributed by atoms with E-state index in [0.29, 0.717) is 0 Å². The molecule has 2 aliphatic rings. The topological polar surface area (TPSA) is 115 Å². The highest BCUT2D eigenvalue weighted by molar-refractivity contribution is 5.70. The Morgan fingerprint density at radius 3 is 1.23 bits per heavy atom. The minimum Gasteiger partial charge on any atom is -0.508 e. The van der Waals surface area contributed by atoms with Crippen molar-refractivity contribution >= 4 is 11.9 Å². The number of carboxylic acid groups (broad SMARTS) is 2. The lowest BCUT2D eigenvalue weighted by atomic mass is 9.90. The maximum Gasteiger partial charge on any atom is 0.306 e. The van der Waals surface area contributed by atoms with Gasteiger partial charge in [-0.1, -0.05) is 44.6 Å². The van der Waals surface area contributed by atoms with Crippen LogP contribution in [0.2, 0.25) is 0 Å². The number of carbonyl (C=O) groups is 2. The van der Waals surface area contributed by atoms with Crippen molar-refractivity contribution in [3.8, 4) is 11.5 Å². The first-order valence-electron chi connectivity index (χ1n) is 9.33. The van der Waals surface area contributed by atoms with E-state index >= 15 is 0 Å². The molecule has 0 spiro atoms. The van der Waals surface area contributed by atoms with Gasteiger partial charge < -0.3 is 20.4 Å². The minimum absolute atomic E-state index is 0.0289. The first-order valence-corrected chi connectivity index (χ1v) is 9.33. The molecule has 0 unspecified atom stereocenters. The van der Waals surface area contributed by atoms with Gasteiger partial charge in [0.15, 0.2) is 0 Å². The maximum atomic E-state index is 10.4. The Morgan fingerprint density at radius 1 is 0.692 bits per heavy atom. The fourth-order valence-corrected chi connectivity index (χ4v) is 3.19. The van der Waals surface area contributed by atoms with E-state index in [9.17, 15) is 9.59 Å². The molecule has 6 nitrogen and oxygen atoms in total. The van der Waals surface area contributed by atoms with Crippen LogP contribution in [0.1, 0.15) is 64.2 Å². The number of aromatic hydroxyl groups is 2. The molecular weight excluding hydrogens is 336 g/mol. The van der Waals surface area contributed by atoms with Gasteiger partial charge in [-0.15, -0.1) is 0 Å². The van der Waals surface area contributed by atoms with Crippen molar-refractivity contribution < 1.29 is 30.0 Å². The molecule has 26 heavy (non-hydrogen) atoms. The van der Waals surface area contributed by atoms with E-state index in [4.69, 9.17) is 20.4 Å². The monoisotopic (exact) mass is 366 g/mol. The largest absolute Gasteiger partial charge is 0.508 e. The number of hydrogen-bond acceptors (Lipinski definition) is 4. The van der Waals surface area contributed by atoms with Crippen LogP contribution in [0.4, 0.5) is 0 Å². The van der Waals surface area contributed by atoms with E-state index in [2.05, 4.69) is 0 Å². The molecule has 146 valence electrons. The first kappa shape index (κ1) is 21.8. The molecule has 2 saturated carbocycles. The number of rotatable bonds is 2. The lowest BCUT2D eigenvalue weighted by Gasteiger charge is -2.16. The SMILES string of the molecule is O=C(O)C1CCCCC1.O=C(O)C1CCCCC1.Oc1cccc(O)c1. The van der Waals surface area contributed by atoms with E-state index in [0.717, 1.165) is 51.4 Å².